The summed E-state index contributed by atoms with van der Waals surface area (Å²) in [5.74, 6) is 1.12. The highest BCUT2D eigenvalue weighted by atomic mass is 16.6. The van der Waals surface area contributed by atoms with E-state index < -0.39 is 11.2 Å². The van der Waals surface area contributed by atoms with Gasteiger partial charge < -0.3 is 20.0 Å². The second kappa shape index (κ2) is 4.82. The molecule has 0 radical (unpaired) electrons. The molecule has 7 nitrogen and oxygen atoms in total. The van der Waals surface area contributed by atoms with Crippen LogP contribution >= 0.6 is 0 Å². The zero-order valence-corrected chi connectivity index (χ0v) is 13.0. The first-order chi connectivity index (χ1) is 10.4. The van der Waals surface area contributed by atoms with Gasteiger partial charge in [0.25, 0.3) is 11.4 Å². The quantitative estimate of drug-likeness (QED) is 0.360. The van der Waals surface area contributed by atoms with Crippen molar-refractivity contribution in [3.63, 3.8) is 0 Å². The molecule has 1 aliphatic heterocycles. The van der Waals surface area contributed by atoms with Gasteiger partial charge in [0, 0.05) is 6.42 Å². The van der Waals surface area contributed by atoms with Gasteiger partial charge in [-0.25, -0.2) is 0 Å². The lowest BCUT2D eigenvalue weighted by Gasteiger charge is -2.38. The topological polar surface area (TPSA) is 95.3 Å². The van der Waals surface area contributed by atoms with E-state index in [0.29, 0.717) is 35.8 Å². The van der Waals surface area contributed by atoms with Crippen molar-refractivity contribution in [2.24, 2.45) is 5.16 Å². The van der Waals surface area contributed by atoms with Gasteiger partial charge in [0.05, 0.1) is 0 Å². The standard InChI is InChI=1S/C15H21N3O4/c1-10-7-8-11(22-10)13-14(2,3)18(21)15(17(13)20)9-5-4-6-12(15)16-19/h7-8,19,21H,4-6,9H2,1-3H3/b16-12+/t15-/m1/s1. The zero-order valence-electron chi connectivity index (χ0n) is 13.0. The maximum absolute atomic E-state index is 13.1. The van der Waals surface area contributed by atoms with Crippen LogP contribution in [-0.2, 0) is 0 Å². The molecule has 0 aromatic carbocycles. The van der Waals surface area contributed by atoms with E-state index in [4.69, 9.17) is 4.42 Å². The fourth-order valence-electron chi connectivity index (χ4n) is 3.63. The van der Waals surface area contributed by atoms with Gasteiger partial charge >= 0.3 is 0 Å². The van der Waals surface area contributed by atoms with Gasteiger partial charge in [0.2, 0.25) is 0 Å². The average molecular weight is 307 g/mol. The summed E-state index contributed by atoms with van der Waals surface area (Å²) in [5.41, 5.74) is -1.68. The van der Waals surface area contributed by atoms with Crippen molar-refractivity contribution in [2.45, 2.75) is 57.7 Å². The van der Waals surface area contributed by atoms with Crippen LogP contribution < -0.4 is 0 Å². The van der Waals surface area contributed by atoms with Crippen molar-refractivity contribution in [1.82, 2.24) is 5.06 Å². The Kier molecular flexibility index (Phi) is 3.30. The summed E-state index contributed by atoms with van der Waals surface area (Å²) < 4.78 is 6.37. The minimum atomic E-state index is -1.35. The molecule has 0 unspecified atom stereocenters. The number of furan rings is 1. The minimum absolute atomic E-state index is 0.294. The van der Waals surface area contributed by atoms with Crippen molar-refractivity contribution in [1.29, 1.82) is 0 Å². The molecular weight excluding hydrogens is 286 g/mol. The molecule has 1 saturated carbocycles. The van der Waals surface area contributed by atoms with E-state index in [2.05, 4.69) is 5.16 Å². The first-order valence-electron chi connectivity index (χ1n) is 7.48. The third-order valence-electron chi connectivity index (χ3n) is 4.74. The lowest BCUT2D eigenvalue weighted by atomic mass is 9.86. The Hall–Kier alpha value is -1.86. The molecule has 120 valence electrons. The predicted octanol–water partition coefficient (Wildman–Crippen LogP) is 2.47. The van der Waals surface area contributed by atoms with Gasteiger partial charge in [-0.1, -0.05) is 5.16 Å². The largest absolute Gasteiger partial charge is 0.622 e. The summed E-state index contributed by atoms with van der Waals surface area (Å²) >= 11 is 0. The number of nitrogens with zero attached hydrogens (tertiary/aromatic N) is 3. The van der Waals surface area contributed by atoms with Gasteiger partial charge in [0.1, 0.15) is 17.0 Å². The Morgan fingerprint density at radius 2 is 2.09 bits per heavy atom. The molecule has 2 aliphatic rings. The van der Waals surface area contributed by atoms with Crippen LogP contribution in [0.25, 0.3) is 0 Å². The highest BCUT2D eigenvalue weighted by Crippen LogP contribution is 2.42. The van der Waals surface area contributed by atoms with Crippen LogP contribution in [0.5, 0.6) is 0 Å². The van der Waals surface area contributed by atoms with Crippen LogP contribution in [0.4, 0.5) is 0 Å². The number of hydroxylamine groups is 3. The molecular formula is C15H21N3O4. The molecule has 0 saturated heterocycles. The summed E-state index contributed by atoms with van der Waals surface area (Å²) in [6.45, 7) is 5.31. The average Bonchev–Trinajstić information content (AvgIpc) is 2.96. The van der Waals surface area contributed by atoms with Gasteiger partial charge in [0.15, 0.2) is 5.76 Å². The lowest BCUT2D eigenvalue weighted by Crippen LogP contribution is -2.60. The third-order valence-corrected chi connectivity index (χ3v) is 4.74. The number of rotatable bonds is 1. The summed E-state index contributed by atoms with van der Waals surface area (Å²) in [4.78, 5) is 0. The van der Waals surface area contributed by atoms with Crippen molar-refractivity contribution in [3.05, 3.63) is 28.9 Å². The predicted molar refractivity (Wildman–Crippen MR) is 79.3 cm³/mol. The molecule has 2 heterocycles. The molecule has 1 aliphatic carbocycles. The normalized spacial score (nSPS) is 30.6. The number of aryl methyl sites for hydroxylation is 1. The lowest BCUT2D eigenvalue weighted by molar-refractivity contribution is -0.569. The monoisotopic (exact) mass is 307 g/mol. The molecule has 0 bridgehead atoms. The van der Waals surface area contributed by atoms with E-state index >= 15 is 0 Å². The highest BCUT2D eigenvalue weighted by molar-refractivity contribution is 6.05. The molecule has 2 N–H and O–H groups in total. The van der Waals surface area contributed by atoms with Crippen LogP contribution in [0.2, 0.25) is 0 Å². The second-order valence-electron chi connectivity index (χ2n) is 6.49. The molecule has 1 atom stereocenters. The van der Waals surface area contributed by atoms with E-state index in [9.17, 15) is 15.6 Å². The molecule has 1 fully saturated rings. The molecule has 7 heteroatoms. The number of hydrogen-bond acceptors (Lipinski definition) is 6. The van der Waals surface area contributed by atoms with Gasteiger partial charge in [-0.2, -0.15) is 4.74 Å². The maximum Gasteiger partial charge on any atom is 0.294 e. The van der Waals surface area contributed by atoms with Crippen molar-refractivity contribution >= 4 is 11.4 Å². The van der Waals surface area contributed by atoms with Crippen molar-refractivity contribution in [3.8, 4) is 0 Å². The van der Waals surface area contributed by atoms with Crippen LogP contribution in [-0.4, -0.2) is 42.8 Å². The Balaban J connectivity index is 2.23. The van der Waals surface area contributed by atoms with Crippen LogP contribution in [0.1, 0.15) is 51.1 Å². The maximum atomic E-state index is 13.1. The minimum Gasteiger partial charge on any atom is -0.622 e. The van der Waals surface area contributed by atoms with Gasteiger partial charge in [-0.3, -0.25) is 0 Å². The Morgan fingerprint density at radius 3 is 2.68 bits per heavy atom. The van der Waals surface area contributed by atoms with E-state index in [1.165, 1.54) is 0 Å². The Labute approximate surface area is 128 Å². The van der Waals surface area contributed by atoms with Crippen molar-refractivity contribution in [2.75, 3.05) is 0 Å². The molecule has 3 rings (SSSR count). The van der Waals surface area contributed by atoms with E-state index in [-0.39, 0.29) is 0 Å². The van der Waals surface area contributed by atoms with Gasteiger partial charge in [-0.15, -0.1) is 5.06 Å². The smallest absolute Gasteiger partial charge is 0.294 e. The third kappa shape index (κ3) is 1.75. The van der Waals surface area contributed by atoms with E-state index in [0.717, 1.165) is 22.6 Å². The molecule has 1 spiro atoms. The number of oxime groups is 1. The SMILES string of the molecule is Cc1ccc(C2=[N+]([O-])[C@]3(CCCC/C3=N\O)N(O)C2(C)C)o1. The summed E-state index contributed by atoms with van der Waals surface area (Å²) in [7, 11) is 0. The molecule has 1 aromatic heterocycles. The molecule has 1 aromatic rings. The van der Waals surface area contributed by atoms with Crippen molar-refractivity contribution < 1.29 is 19.6 Å². The molecule has 0 amide bonds. The second-order valence-corrected chi connectivity index (χ2v) is 6.49. The Morgan fingerprint density at radius 1 is 1.36 bits per heavy atom. The van der Waals surface area contributed by atoms with Gasteiger partial charge in [-0.05, 0) is 52.2 Å². The summed E-state index contributed by atoms with van der Waals surface area (Å²) in [5, 5.41) is 37.6. The fraction of sp³-hybridized carbons (Fsp3) is 0.600. The van der Waals surface area contributed by atoms with E-state index in [1.54, 1.807) is 32.9 Å². The highest BCUT2D eigenvalue weighted by Gasteiger charge is 2.66. The first kappa shape index (κ1) is 15.1. The van der Waals surface area contributed by atoms with Crippen LogP contribution in [0.15, 0.2) is 21.7 Å². The molecule has 22 heavy (non-hydrogen) atoms. The zero-order chi connectivity index (χ0) is 16.1. The summed E-state index contributed by atoms with van der Waals surface area (Å²) in [6, 6.07) is 3.50. The van der Waals surface area contributed by atoms with Crippen LogP contribution in [0.3, 0.4) is 0 Å². The van der Waals surface area contributed by atoms with E-state index in [1.807, 2.05) is 0 Å². The summed E-state index contributed by atoms with van der Waals surface area (Å²) in [6.07, 6.45) is 2.49. The fourth-order valence-corrected chi connectivity index (χ4v) is 3.63. The Bertz CT molecular complexity index is 661. The number of hydrogen-bond donors (Lipinski definition) is 2. The first-order valence-corrected chi connectivity index (χ1v) is 7.48. The van der Waals surface area contributed by atoms with Crippen LogP contribution in [0, 0.1) is 12.1 Å².